The Morgan fingerprint density at radius 2 is 1.12 bits per heavy atom. The Balaban J connectivity index is 2.13. The number of unbranched alkanes of at least 4 members (excludes halogenated alkanes) is 16. The quantitative estimate of drug-likeness (QED) is 0.0220. The molecule has 0 aromatic carbocycles. The summed E-state index contributed by atoms with van der Waals surface area (Å²) in [6.45, 7) is 3.59. The van der Waals surface area contributed by atoms with Gasteiger partial charge in [0.2, 0.25) is 0 Å². The van der Waals surface area contributed by atoms with Crippen molar-refractivity contribution in [2.24, 2.45) is 0 Å². The van der Waals surface area contributed by atoms with Crippen molar-refractivity contribution in [2.75, 3.05) is 13.2 Å². The SMILES string of the molecule is CCCCC/C=C\CC1OC1C/C=C\C/C=C\CCCC(=O)OC[C@H](COP(=O)(O)O)OC(=O)CCCCCCCCCCCCCCC. The van der Waals surface area contributed by atoms with Crippen LogP contribution in [-0.4, -0.2) is 53.3 Å². The highest BCUT2D eigenvalue weighted by molar-refractivity contribution is 7.46. The van der Waals surface area contributed by atoms with Crippen molar-refractivity contribution in [3.63, 3.8) is 0 Å². The van der Waals surface area contributed by atoms with E-state index >= 15 is 0 Å². The zero-order chi connectivity index (χ0) is 35.8. The van der Waals surface area contributed by atoms with Gasteiger partial charge in [-0.3, -0.25) is 14.1 Å². The second-order valence-electron chi connectivity index (χ2n) is 13.3. The molecule has 3 atom stereocenters. The predicted molar refractivity (Wildman–Crippen MR) is 197 cm³/mol. The molecule has 1 fully saturated rings. The molecule has 1 aliphatic rings. The van der Waals surface area contributed by atoms with Crippen molar-refractivity contribution in [3.8, 4) is 0 Å². The first-order chi connectivity index (χ1) is 23.7. The monoisotopic (exact) mass is 712 g/mol. The van der Waals surface area contributed by atoms with E-state index in [9.17, 15) is 14.2 Å². The first-order valence-electron chi connectivity index (χ1n) is 19.4. The van der Waals surface area contributed by atoms with E-state index in [1.165, 1.54) is 77.0 Å². The summed E-state index contributed by atoms with van der Waals surface area (Å²) >= 11 is 0. The van der Waals surface area contributed by atoms with E-state index in [2.05, 4.69) is 48.8 Å². The third-order valence-electron chi connectivity index (χ3n) is 8.56. The number of allylic oxidation sites excluding steroid dienone is 4. The molecule has 10 heteroatoms. The number of epoxide rings is 1. The van der Waals surface area contributed by atoms with Crippen LogP contribution in [0.2, 0.25) is 0 Å². The summed E-state index contributed by atoms with van der Waals surface area (Å²) in [5.41, 5.74) is 0. The minimum atomic E-state index is -4.76. The molecule has 0 spiro atoms. The normalized spacial score (nSPS) is 17.0. The highest BCUT2D eigenvalue weighted by Gasteiger charge is 2.36. The van der Waals surface area contributed by atoms with Crippen molar-refractivity contribution in [1.29, 1.82) is 0 Å². The number of rotatable bonds is 34. The van der Waals surface area contributed by atoms with Crippen molar-refractivity contribution in [1.82, 2.24) is 0 Å². The van der Waals surface area contributed by atoms with E-state index in [0.717, 1.165) is 51.4 Å². The lowest BCUT2D eigenvalue weighted by atomic mass is 10.0. The Hall–Kier alpha value is -1.77. The zero-order valence-corrected chi connectivity index (χ0v) is 31.7. The fourth-order valence-electron chi connectivity index (χ4n) is 5.52. The Bertz CT molecular complexity index is 958. The van der Waals surface area contributed by atoms with Crippen LogP contribution in [0.25, 0.3) is 0 Å². The van der Waals surface area contributed by atoms with Gasteiger partial charge < -0.3 is 24.0 Å². The van der Waals surface area contributed by atoms with Gasteiger partial charge in [0, 0.05) is 12.8 Å². The molecule has 1 heterocycles. The van der Waals surface area contributed by atoms with E-state index in [-0.39, 0.29) is 19.4 Å². The maximum atomic E-state index is 12.4. The van der Waals surface area contributed by atoms with Gasteiger partial charge in [0.1, 0.15) is 6.61 Å². The van der Waals surface area contributed by atoms with Crippen LogP contribution in [-0.2, 0) is 32.9 Å². The highest BCUT2D eigenvalue weighted by Crippen LogP contribution is 2.36. The van der Waals surface area contributed by atoms with Crippen LogP contribution in [0.3, 0.4) is 0 Å². The molecule has 1 rings (SSSR count). The Kier molecular flexibility index (Phi) is 28.6. The van der Waals surface area contributed by atoms with Gasteiger partial charge in [-0.2, -0.15) is 0 Å². The van der Waals surface area contributed by atoms with Gasteiger partial charge in [0.15, 0.2) is 6.10 Å². The fraction of sp³-hybridized carbons (Fsp3) is 0.795. The molecule has 0 aromatic heterocycles. The lowest BCUT2D eigenvalue weighted by Gasteiger charge is -2.18. The molecule has 284 valence electrons. The maximum Gasteiger partial charge on any atom is 0.469 e. The first kappa shape index (κ1) is 45.3. The molecule has 1 saturated heterocycles. The van der Waals surface area contributed by atoms with Crippen molar-refractivity contribution >= 4 is 19.8 Å². The molecule has 0 radical (unpaired) electrons. The van der Waals surface area contributed by atoms with Gasteiger partial charge >= 0.3 is 19.8 Å². The minimum absolute atomic E-state index is 0.187. The van der Waals surface area contributed by atoms with Crippen molar-refractivity contribution in [2.45, 2.75) is 186 Å². The smallest absolute Gasteiger partial charge is 0.462 e. The third-order valence-corrected chi connectivity index (χ3v) is 9.05. The van der Waals surface area contributed by atoms with Crippen LogP contribution in [0.5, 0.6) is 0 Å². The fourth-order valence-corrected chi connectivity index (χ4v) is 5.88. The summed E-state index contributed by atoms with van der Waals surface area (Å²) in [7, 11) is -4.76. The summed E-state index contributed by atoms with van der Waals surface area (Å²) in [6.07, 6.45) is 37.6. The largest absolute Gasteiger partial charge is 0.469 e. The molecule has 0 aromatic rings. The topological polar surface area (TPSA) is 132 Å². The number of ether oxygens (including phenoxy) is 3. The Morgan fingerprint density at radius 3 is 1.73 bits per heavy atom. The third kappa shape index (κ3) is 30.8. The molecule has 2 unspecified atom stereocenters. The second kappa shape index (κ2) is 31.0. The van der Waals surface area contributed by atoms with Gasteiger partial charge in [-0.15, -0.1) is 0 Å². The lowest BCUT2D eigenvalue weighted by molar-refractivity contribution is -0.161. The highest BCUT2D eigenvalue weighted by atomic mass is 31.2. The number of carbonyl (C=O) groups excluding carboxylic acids is 2. The average Bonchev–Trinajstić information content (AvgIpc) is 3.82. The van der Waals surface area contributed by atoms with Gasteiger partial charge in [0.05, 0.1) is 18.8 Å². The molecular weight excluding hydrogens is 643 g/mol. The Morgan fingerprint density at radius 1 is 0.633 bits per heavy atom. The number of esters is 2. The van der Waals surface area contributed by atoms with Gasteiger partial charge in [-0.05, 0) is 51.4 Å². The standard InChI is InChI=1S/C39H69O9P/c1-3-5-7-9-11-12-13-14-15-16-19-24-28-32-39(41)47-35(34-46-49(42,43)44)33-45-38(40)31-27-23-20-17-18-22-26-30-37-36(48-37)29-25-21-10-8-6-4-2/h17,20-22,25-26,35-37H,3-16,18-19,23-24,27-34H2,1-2H3,(H2,42,43,44)/b20-17-,25-21-,26-22-/t35-,36?,37?/m1/s1. The minimum Gasteiger partial charge on any atom is -0.462 e. The number of carbonyl (C=O) groups is 2. The number of hydrogen-bond acceptors (Lipinski definition) is 7. The van der Waals surface area contributed by atoms with E-state index in [1.807, 2.05) is 6.08 Å². The average molecular weight is 713 g/mol. The molecule has 2 N–H and O–H groups in total. The summed E-state index contributed by atoms with van der Waals surface area (Å²) in [4.78, 5) is 42.7. The molecule has 9 nitrogen and oxygen atoms in total. The van der Waals surface area contributed by atoms with Crippen LogP contribution in [0.4, 0.5) is 0 Å². The first-order valence-corrected chi connectivity index (χ1v) is 20.9. The molecular formula is C39H69O9P. The van der Waals surface area contributed by atoms with E-state index in [0.29, 0.717) is 25.0 Å². The van der Waals surface area contributed by atoms with Crippen molar-refractivity contribution in [3.05, 3.63) is 36.5 Å². The predicted octanol–water partition coefficient (Wildman–Crippen LogP) is 10.4. The zero-order valence-electron chi connectivity index (χ0n) is 30.8. The maximum absolute atomic E-state index is 12.4. The van der Waals surface area contributed by atoms with Crippen LogP contribution >= 0.6 is 7.82 Å². The summed E-state index contributed by atoms with van der Waals surface area (Å²) in [5.74, 6) is -0.954. The van der Waals surface area contributed by atoms with E-state index in [1.54, 1.807) is 0 Å². The summed E-state index contributed by atoms with van der Waals surface area (Å²) in [6, 6.07) is 0. The molecule has 1 aliphatic heterocycles. The number of phosphoric ester groups is 1. The van der Waals surface area contributed by atoms with Gasteiger partial charge in [0.25, 0.3) is 0 Å². The van der Waals surface area contributed by atoms with Crippen LogP contribution in [0.15, 0.2) is 36.5 Å². The van der Waals surface area contributed by atoms with E-state index in [4.69, 9.17) is 24.0 Å². The number of hydrogen-bond donors (Lipinski definition) is 2. The molecule has 49 heavy (non-hydrogen) atoms. The van der Waals surface area contributed by atoms with E-state index < -0.39 is 32.5 Å². The lowest BCUT2D eigenvalue weighted by Crippen LogP contribution is -2.29. The Labute approximate surface area is 297 Å². The molecule has 0 amide bonds. The summed E-state index contributed by atoms with van der Waals surface area (Å²) in [5, 5.41) is 0. The van der Waals surface area contributed by atoms with Crippen LogP contribution in [0, 0.1) is 0 Å². The molecule has 0 saturated carbocycles. The van der Waals surface area contributed by atoms with Crippen LogP contribution < -0.4 is 0 Å². The molecule has 0 bridgehead atoms. The number of phosphoric acid groups is 1. The van der Waals surface area contributed by atoms with Gasteiger partial charge in [-0.25, -0.2) is 4.57 Å². The molecule has 0 aliphatic carbocycles. The van der Waals surface area contributed by atoms with Crippen LogP contribution in [0.1, 0.15) is 168 Å². The summed E-state index contributed by atoms with van der Waals surface area (Å²) < 4.78 is 32.0. The second-order valence-corrected chi connectivity index (χ2v) is 14.5. The van der Waals surface area contributed by atoms with Crippen molar-refractivity contribution < 1.29 is 42.7 Å². The van der Waals surface area contributed by atoms with Gasteiger partial charge in [-0.1, -0.05) is 140 Å².